The largest absolute Gasteiger partial charge is 0.378 e. The zero-order valence-corrected chi connectivity index (χ0v) is 18.5. The fourth-order valence-electron chi connectivity index (χ4n) is 2.79. The van der Waals surface area contributed by atoms with Gasteiger partial charge >= 0.3 is 0 Å². The van der Waals surface area contributed by atoms with Crippen LogP contribution in [0.25, 0.3) is 6.08 Å². The Morgan fingerprint density at radius 3 is 2.28 bits per heavy atom. The third-order valence-corrected chi connectivity index (χ3v) is 4.71. The molecule has 2 N–H and O–H groups in total. The van der Waals surface area contributed by atoms with Crippen LogP contribution in [0.1, 0.15) is 21.5 Å². The van der Waals surface area contributed by atoms with Crippen LogP contribution >= 0.6 is 11.6 Å². The van der Waals surface area contributed by atoms with E-state index in [1.165, 1.54) is 6.21 Å². The van der Waals surface area contributed by atoms with E-state index in [-0.39, 0.29) is 5.70 Å². The van der Waals surface area contributed by atoms with E-state index in [1.54, 1.807) is 48.5 Å². The lowest BCUT2D eigenvalue weighted by Gasteiger charge is -2.12. The first-order chi connectivity index (χ1) is 15.4. The van der Waals surface area contributed by atoms with Gasteiger partial charge in [0.2, 0.25) is 0 Å². The number of anilines is 1. The van der Waals surface area contributed by atoms with Crippen molar-refractivity contribution in [2.24, 2.45) is 5.10 Å². The maximum Gasteiger partial charge on any atom is 0.287 e. The summed E-state index contributed by atoms with van der Waals surface area (Å²) in [6.07, 6.45) is 3.08. The molecular weight excluding hydrogens is 424 g/mol. The van der Waals surface area contributed by atoms with E-state index in [2.05, 4.69) is 15.8 Å². The molecule has 0 heterocycles. The van der Waals surface area contributed by atoms with Gasteiger partial charge in [-0.05, 0) is 53.6 Å². The maximum atomic E-state index is 12.8. The maximum absolute atomic E-state index is 12.8. The van der Waals surface area contributed by atoms with Gasteiger partial charge in [-0.1, -0.05) is 54.1 Å². The highest BCUT2D eigenvalue weighted by Crippen LogP contribution is 2.15. The number of carbonyl (C=O) groups is 2. The van der Waals surface area contributed by atoms with E-state index in [9.17, 15) is 9.59 Å². The smallest absolute Gasteiger partial charge is 0.287 e. The van der Waals surface area contributed by atoms with Crippen molar-refractivity contribution in [2.75, 3.05) is 19.0 Å². The van der Waals surface area contributed by atoms with E-state index in [0.29, 0.717) is 10.6 Å². The van der Waals surface area contributed by atoms with Gasteiger partial charge in [0.25, 0.3) is 11.8 Å². The highest BCUT2D eigenvalue weighted by Gasteiger charge is 2.14. The van der Waals surface area contributed by atoms with Crippen LogP contribution in [0.3, 0.4) is 0 Å². The minimum absolute atomic E-state index is 0.0692. The first kappa shape index (κ1) is 22.8. The molecule has 0 bridgehead atoms. The number of amides is 2. The molecule has 6 nitrogen and oxygen atoms in total. The van der Waals surface area contributed by atoms with E-state index in [1.807, 2.05) is 55.4 Å². The molecule has 7 heteroatoms. The van der Waals surface area contributed by atoms with E-state index in [0.717, 1.165) is 16.8 Å². The standard InChI is InChI=1S/C25H23ClN4O2/c1-30(2)22-13-11-18(12-14-22)16-23(28-24(31)20-8-4-3-5-9-20)25(32)29-27-17-19-7-6-10-21(26)15-19/h3-17H,1-2H3,(H,28,31)(H,29,32). The van der Waals surface area contributed by atoms with Gasteiger partial charge in [0.15, 0.2) is 0 Å². The lowest BCUT2D eigenvalue weighted by atomic mass is 10.1. The third kappa shape index (κ3) is 6.55. The van der Waals surface area contributed by atoms with Crippen LogP contribution in [0.2, 0.25) is 5.02 Å². The Balaban J connectivity index is 1.81. The summed E-state index contributed by atoms with van der Waals surface area (Å²) in [4.78, 5) is 27.4. The lowest BCUT2D eigenvalue weighted by molar-refractivity contribution is -0.117. The Bertz CT molecular complexity index is 1140. The molecule has 0 saturated carbocycles. The number of hydrogen-bond acceptors (Lipinski definition) is 4. The molecule has 0 radical (unpaired) electrons. The van der Waals surface area contributed by atoms with E-state index < -0.39 is 11.8 Å². The average molecular weight is 447 g/mol. The monoisotopic (exact) mass is 446 g/mol. The first-order valence-electron chi connectivity index (χ1n) is 9.87. The van der Waals surface area contributed by atoms with Gasteiger partial charge in [0.05, 0.1) is 6.21 Å². The molecule has 3 rings (SSSR count). The zero-order valence-electron chi connectivity index (χ0n) is 17.7. The first-order valence-corrected chi connectivity index (χ1v) is 10.2. The highest BCUT2D eigenvalue weighted by atomic mass is 35.5. The molecule has 0 fully saturated rings. The van der Waals surface area contributed by atoms with Gasteiger partial charge in [-0.2, -0.15) is 5.10 Å². The zero-order chi connectivity index (χ0) is 22.9. The van der Waals surface area contributed by atoms with Crippen molar-refractivity contribution >= 4 is 41.4 Å². The number of rotatable bonds is 7. The van der Waals surface area contributed by atoms with Crippen molar-refractivity contribution in [3.05, 3.63) is 106 Å². The van der Waals surface area contributed by atoms with Crippen LogP contribution in [-0.2, 0) is 4.79 Å². The van der Waals surface area contributed by atoms with Gasteiger partial charge in [-0.15, -0.1) is 0 Å². The second kappa shape index (κ2) is 10.9. The molecule has 0 spiro atoms. The van der Waals surface area contributed by atoms with Crippen molar-refractivity contribution < 1.29 is 9.59 Å². The topological polar surface area (TPSA) is 73.8 Å². The summed E-state index contributed by atoms with van der Waals surface area (Å²) < 4.78 is 0. The predicted molar refractivity (Wildman–Crippen MR) is 130 cm³/mol. The SMILES string of the molecule is CN(C)c1ccc(C=C(NC(=O)c2ccccc2)C(=O)NN=Cc2cccc(Cl)c2)cc1. The molecule has 3 aromatic rings. The number of carbonyl (C=O) groups excluding carboxylic acids is 2. The van der Waals surface area contributed by atoms with Crippen LogP contribution < -0.4 is 15.6 Å². The summed E-state index contributed by atoms with van der Waals surface area (Å²) >= 11 is 5.96. The molecule has 0 aromatic heterocycles. The lowest BCUT2D eigenvalue weighted by Crippen LogP contribution is -2.32. The Morgan fingerprint density at radius 2 is 1.62 bits per heavy atom. The van der Waals surface area contributed by atoms with Crippen molar-refractivity contribution in [3.63, 3.8) is 0 Å². The molecule has 0 unspecified atom stereocenters. The van der Waals surface area contributed by atoms with Crippen LogP contribution in [0.15, 0.2) is 89.7 Å². The highest BCUT2D eigenvalue weighted by molar-refractivity contribution is 6.30. The summed E-state index contributed by atoms with van der Waals surface area (Å²) in [5.41, 5.74) is 5.47. The van der Waals surface area contributed by atoms with Gasteiger partial charge in [0.1, 0.15) is 5.70 Å². The molecule has 162 valence electrons. The third-order valence-electron chi connectivity index (χ3n) is 4.48. The summed E-state index contributed by atoms with van der Waals surface area (Å²) in [5, 5.41) is 7.23. The van der Waals surface area contributed by atoms with Crippen molar-refractivity contribution in [1.29, 1.82) is 0 Å². The van der Waals surface area contributed by atoms with Crippen LogP contribution in [0.4, 0.5) is 5.69 Å². The van der Waals surface area contributed by atoms with Gasteiger partial charge in [0, 0.05) is 30.4 Å². The summed E-state index contributed by atoms with van der Waals surface area (Å²) in [6.45, 7) is 0. The quantitative estimate of drug-likeness (QED) is 0.322. The summed E-state index contributed by atoms with van der Waals surface area (Å²) in [6, 6.07) is 23.3. The van der Waals surface area contributed by atoms with Crippen molar-refractivity contribution in [3.8, 4) is 0 Å². The molecule has 0 aliphatic heterocycles. The minimum atomic E-state index is -0.552. The number of hydrogen-bond donors (Lipinski definition) is 2. The molecule has 0 saturated heterocycles. The van der Waals surface area contributed by atoms with Gasteiger partial charge in [-0.3, -0.25) is 9.59 Å². The Labute approximate surface area is 192 Å². The number of hydrazone groups is 1. The fourth-order valence-corrected chi connectivity index (χ4v) is 2.99. The molecule has 0 aliphatic carbocycles. The normalized spacial score (nSPS) is 11.3. The molecule has 0 atom stereocenters. The minimum Gasteiger partial charge on any atom is -0.378 e. The molecule has 2 amide bonds. The fraction of sp³-hybridized carbons (Fsp3) is 0.0800. The number of nitrogens with one attached hydrogen (secondary N) is 2. The Kier molecular flexibility index (Phi) is 7.78. The number of benzene rings is 3. The van der Waals surface area contributed by atoms with Crippen molar-refractivity contribution in [2.45, 2.75) is 0 Å². The molecule has 3 aromatic carbocycles. The summed E-state index contributed by atoms with van der Waals surface area (Å²) in [7, 11) is 3.89. The second-order valence-electron chi connectivity index (χ2n) is 7.12. The molecular formula is C25H23ClN4O2. The number of nitrogens with zero attached hydrogens (tertiary/aromatic N) is 2. The molecule has 0 aliphatic rings. The number of halogens is 1. The van der Waals surface area contributed by atoms with Gasteiger partial charge < -0.3 is 10.2 Å². The Hall–Kier alpha value is -3.90. The summed E-state index contributed by atoms with van der Waals surface area (Å²) in [5.74, 6) is -0.944. The van der Waals surface area contributed by atoms with E-state index in [4.69, 9.17) is 11.6 Å². The van der Waals surface area contributed by atoms with Crippen LogP contribution in [-0.4, -0.2) is 32.1 Å². The Morgan fingerprint density at radius 1 is 0.906 bits per heavy atom. The van der Waals surface area contributed by atoms with Gasteiger partial charge in [-0.25, -0.2) is 5.43 Å². The van der Waals surface area contributed by atoms with Crippen molar-refractivity contribution in [1.82, 2.24) is 10.7 Å². The average Bonchev–Trinajstić information content (AvgIpc) is 2.79. The van der Waals surface area contributed by atoms with E-state index >= 15 is 0 Å². The second-order valence-corrected chi connectivity index (χ2v) is 7.55. The predicted octanol–water partition coefficient (Wildman–Crippen LogP) is 4.33. The van der Waals surface area contributed by atoms with Crippen LogP contribution in [0, 0.1) is 0 Å². The van der Waals surface area contributed by atoms with Crippen LogP contribution in [0.5, 0.6) is 0 Å². The molecule has 32 heavy (non-hydrogen) atoms.